The quantitative estimate of drug-likeness (QED) is 0.670. The lowest BCUT2D eigenvalue weighted by Gasteiger charge is -2.20. The van der Waals surface area contributed by atoms with E-state index in [0.717, 1.165) is 0 Å². The number of amides is 2. The number of carbonyl (C=O) groups is 3. The first-order valence-electron chi connectivity index (χ1n) is 6.13. The third-order valence-corrected chi connectivity index (χ3v) is 2.80. The summed E-state index contributed by atoms with van der Waals surface area (Å²) in [7, 11) is 1.24. The van der Waals surface area contributed by atoms with Crippen LogP contribution in [0, 0.1) is 0 Å². The van der Waals surface area contributed by atoms with Crippen molar-refractivity contribution in [2.45, 2.75) is 13.8 Å². The predicted molar refractivity (Wildman–Crippen MR) is 82.2 cm³/mol. The molecule has 0 unspecified atom stereocenters. The number of rotatable bonds is 4. The van der Waals surface area contributed by atoms with Crippen LogP contribution in [0.3, 0.4) is 0 Å². The third-order valence-electron chi connectivity index (χ3n) is 2.62. The van der Waals surface area contributed by atoms with Crippen molar-refractivity contribution in [2.75, 3.05) is 18.6 Å². The van der Waals surface area contributed by atoms with Gasteiger partial charge in [0.05, 0.1) is 17.8 Å². The second-order valence-electron chi connectivity index (χ2n) is 4.18. The second kappa shape index (κ2) is 7.49. The fourth-order valence-corrected chi connectivity index (χ4v) is 1.93. The summed E-state index contributed by atoms with van der Waals surface area (Å²) in [4.78, 5) is 36.2. The van der Waals surface area contributed by atoms with Gasteiger partial charge in [-0.05, 0) is 25.1 Å². The highest BCUT2D eigenvalue weighted by molar-refractivity contribution is 7.80. The molecule has 0 heterocycles. The number of esters is 1. The summed E-state index contributed by atoms with van der Waals surface area (Å²) in [6.07, 6.45) is 0. The molecule has 1 N–H and O–H groups in total. The first-order valence-corrected chi connectivity index (χ1v) is 6.54. The first-order chi connectivity index (χ1) is 9.86. The molecule has 0 spiro atoms. The van der Waals surface area contributed by atoms with E-state index in [4.69, 9.17) is 12.2 Å². The Bertz CT molecular complexity index is 572. The third kappa shape index (κ3) is 4.64. The Balaban J connectivity index is 2.94. The minimum Gasteiger partial charge on any atom is -0.468 e. The molecular weight excluding hydrogens is 292 g/mol. The van der Waals surface area contributed by atoms with E-state index in [-0.39, 0.29) is 12.5 Å². The van der Waals surface area contributed by atoms with Gasteiger partial charge in [-0.25, -0.2) is 0 Å². The van der Waals surface area contributed by atoms with Crippen LogP contribution in [0.5, 0.6) is 0 Å². The van der Waals surface area contributed by atoms with Crippen molar-refractivity contribution >= 4 is 40.7 Å². The van der Waals surface area contributed by atoms with Gasteiger partial charge < -0.3 is 10.1 Å². The molecule has 0 atom stereocenters. The van der Waals surface area contributed by atoms with Gasteiger partial charge in [-0.1, -0.05) is 18.3 Å². The second-order valence-corrected chi connectivity index (χ2v) is 4.77. The molecule has 1 aromatic carbocycles. The molecule has 1 aromatic rings. The van der Waals surface area contributed by atoms with Gasteiger partial charge in [-0.2, -0.15) is 0 Å². The number of nitrogens with one attached hydrogen (secondary N) is 1. The first kappa shape index (κ1) is 16.8. The molecule has 0 aromatic heterocycles. The van der Waals surface area contributed by atoms with Crippen LogP contribution in [-0.2, 0) is 14.3 Å². The Hall–Kier alpha value is -2.28. The molecule has 0 aliphatic carbocycles. The zero-order valence-corrected chi connectivity index (χ0v) is 12.8. The summed E-state index contributed by atoms with van der Waals surface area (Å²) in [6.45, 7) is 2.79. The number of ether oxygens (including phenoxy) is 1. The van der Waals surface area contributed by atoms with Gasteiger partial charge in [0.1, 0.15) is 6.54 Å². The largest absolute Gasteiger partial charge is 0.468 e. The van der Waals surface area contributed by atoms with Crippen LogP contribution in [-0.4, -0.2) is 36.4 Å². The van der Waals surface area contributed by atoms with Gasteiger partial charge >= 0.3 is 5.97 Å². The van der Waals surface area contributed by atoms with E-state index in [1.165, 1.54) is 25.0 Å². The molecule has 0 aliphatic rings. The average molecular weight is 308 g/mol. The van der Waals surface area contributed by atoms with Crippen LogP contribution in [0.15, 0.2) is 24.3 Å². The minimum absolute atomic E-state index is 0.220. The fraction of sp³-hybridized carbons (Fsp3) is 0.286. The number of hydrogen-bond donors (Lipinski definition) is 1. The van der Waals surface area contributed by atoms with Crippen LogP contribution < -0.4 is 10.2 Å². The molecule has 7 heteroatoms. The molecule has 0 fully saturated rings. The summed E-state index contributed by atoms with van der Waals surface area (Å²) in [6, 6.07) is 6.42. The molecule has 0 bridgehead atoms. The van der Waals surface area contributed by atoms with Crippen LogP contribution in [0.4, 0.5) is 5.69 Å². The maximum absolute atomic E-state index is 11.9. The Morgan fingerprint density at radius 1 is 1.29 bits per heavy atom. The topological polar surface area (TPSA) is 75.7 Å². The molecule has 0 aliphatic heterocycles. The van der Waals surface area contributed by atoms with Crippen molar-refractivity contribution in [3.63, 3.8) is 0 Å². The molecule has 0 saturated carbocycles. The lowest BCUT2D eigenvalue weighted by molar-refractivity contribution is -0.139. The van der Waals surface area contributed by atoms with Crippen LogP contribution in [0.25, 0.3) is 0 Å². The molecule has 112 valence electrons. The number of hydrogen-bond acceptors (Lipinski definition) is 5. The van der Waals surface area contributed by atoms with E-state index in [9.17, 15) is 14.4 Å². The molecular formula is C14H16N2O4S. The average Bonchev–Trinajstić information content (AvgIpc) is 2.43. The molecule has 1 rings (SSSR count). The summed E-state index contributed by atoms with van der Waals surface area (Å²) >= 11 is 5.03. The van der Waals surface area contributed by atoms with Gasteiger partial charge in [0.25, 0.3) is 5.91 Å². The van der Waals surface area contributed by atoms with Gasteiger partial charge in [-0.15, -0.1) is 0 Å². The predicted octanol–water partition coefficient (Wildman–Crippen LogP) is 1.29. The zero-order chi connectivity index (χ0) is 16.0. The van der Waals surface area contributed by atoms with Crippen molar-refractivity contribution in [2.24, 2.45) is 0 Å². The number of nitrogens with zero attached hydrogens (tertiary/aromatic N) is 1. The number of anilines is 1. The van der Waals surface area contributed by atoms with Crippen LogP contribution in [0.1, 0.15) is 24.2 Å². The number of carbonyl (C=O) groups excluding carboxylic acids is 3. The van der Waals surface area contributed by atoms with Crippen molar-refractivity contribution < 1.29 is 19.1 Å². The Morgan fingerprint density at radius 3 is 2.48 bits per heavy atom. The highest BCUT2D eigenvalue weighted by Gasteiger charge is 2.15. The normalized spacial score (nSPS) is 9.67. The number of methoxy groups -OCH3 is 1. The lowest BCUT2D eigenvalue weighted by Crippen LogP contribution is -2.33. The lowest BCUT2D eigenvalue weighted by atomic mass is 10.1. The molecule has 0 saturated heterocycles. The standard InChI is InChI=1S/C14H16N2O4S/c1-9(17)16(10(2)21)12-6-4-5-11(7-12)14(19)15-8-13(18)20-3/h4-7H,8H2,1-3H3,(H,15,19). The Labute approximate surface area is 128 Å². The van der Waals surface area contributed by atoms with E-state index >= 15 is 0 Å². The Morgan fingerprint density at radius 2 is 1.95 bits per heavy atom. The molecule has 0 radical (unpaired) electrons. The fourth-order valence-electron chi connectivity index (χ4n) is 1.70. The van der Waals surface area contributed by atoms with Gasteiger partial charge in [-0.3, -0.25) is 19.3 Å². The van der Waals surface area contributed by atoms with Gasteiger partial charge in [0.2, 0.25) is 5.91 Å². The van der Waals surface area contributed by atoms with Crippen LogP contribution in [0.2, 0.25) is 0 Å². The van der Waals surface area contributed by atoms with E-state index in [1.807, 2.05) is 0 Å². The summed E-state index contributed by atoms with van der Waals surface area (Å²) in [5.74, 6) is -1.22. The maximum atomic E-state index is 11.9. The van der Waals surface area contributed by atoms with E-state index in [1.54, 1.807) is 25.1 Å². The highest BCUT2D eigenvalue weighted by atomic mass is 32.1. The van der Waals surface area contributed by atoms with E-state index in [2.05, 4.69) is 10.1 Å². The summed E-state index contributed by atoms with van der Waals surface area (Å²) in [5.41, 5.74) is 0.819. The smallest absolute Gasteiger partial charge is 0.325 e. The van der Waals surface area contributed by atoms with Crippen molar-refractivity contribution in [1.29, 1.82) is 0 Å². The van der Waals surface area contributed by atoms with Crippen molar-refractivity contribution in [3.8, 4) is 0 Å². The maximum Gasteiger partial charge on any atom is 0.325 e. The summed E-state index contributed by atoms with van der Waals surface area (Å²) < 4.78 is 4.44. The molecule has 21 heavy (non-hydrogen) atoms. The minimum atomic E-state index is -0.542. The molecule has 6 nitrogen and oxygen atoms in total. The van der Waals surface area contributed by atoms with E-state index < -0.39 is 11.9 Å². The zero-order valence-electron chi connectivity index (χ0n) is 12.0. The van der Waals surface area contributed by atoms with E-state index in [0.29, 0.717) is 16.2 Å². The molecule has 2 amide bonds. The van der Waals surface area contributed by atoms with Gasteiger partial charge in [0, 0.05) is 12.5 Å². The van der Waals surface area contributed by atoms with Crippen molar-refractivity contribution in [3.05, 3.63) is 29.8 Å². The van der Waals surface area contributed by atoms with Gasteiger partial charge in [0.15, 0.2) is 0 Å². The highest BCUT2D eigenvalue weighted by Crippen LogP contribution is 2.17. The monoisotopic (exact) mass is 308 g/mol. The van der Waals surface area contributed by atoms with Crippen LogP contribution >= 0.6 is 12.2 Å². The summed E-state index contributed by atoms with van der Waals surface area (Å²) in [5, 5.41) is 2.42. The SMILES string of the molecule is COC(=O)CNC(=O)c1cccc(N(C(C)=O)C(C)=S)c1. The number of thiocarbonyl (C=S) groups is 1. The Kier molecular flexibility index (Phi) is 5.98. The van der Waals surface area contributed by atoms with Crippen molar-refractivity contribution in [1.82, 2.24) is 5.32 Å². The number of benzene rings is 1.